The van der Waals surface area contributed by atoms with Crippen LogP contribution in [0.4, 0.5) is 0 Å². The van der Waals surface area contributed by atoms with Crippen LogP contribution in [-0.4, -0.2) is 10.8 Å². The van der Waals surface area contributed by atoms with Gasteiger partial charge in [0.15, 0.2) is 5.78 Å². The molecule has 0 atom stereocenters. The molecule has 0 saturated heterocycles. The molecule has 1 aromatic carbocycles. The number of carbonyl (C=O) groups excluding carboxylic acids is 1. The van der Waals surface area contributed by atoms with Gasteiger partial charge in [-0.25, -0.2) is 4.98 Å². The minimum Gasteiger partial charge on any atom is -0.294 e. The van der Waals surface area contributed by atoms with E-state index in [1.807, 2.05) is 12.1 Å². The second-order valence-electron chi connectivity index (χ2n) is 3.69. The maximum Gasteiger partial charge on any atom is 0.167 e. The maximum atomic E-state index is 12.0. The lowest BCUT2D eigenvalue weighted by molar-refractivity contribution is 0.0993. The van der Waals surface area contributed by atoms with Crippen LogP contribution in [0.25, 0.3) is 0 Å². The number of benzene rings is 1. The van der Waals surface area contributed by atoms with Gasteiger partial charge in [0.05, 0.1) is 0 Å². The lowest BCUT2D eigenvalue weighted by Crippen LogP contribution is -2.04. The highest BCUT2D eigenvalue weighted by molar-refractivity contribution is 9.10. The number of hydrogen-bond donors (Lipinski definition) is 0. The molecular weight excluding hydrogens is 337 g/mol. The average molecular weight is 345 g/mol. The Kier molecular flexibility index (Phi) is 4.38. The Morgan fingerprint density at radius 2 is 1.78 bits per heavy atom. The van der Waals surface area contributed by atoms with Crippen LogP contribution in [0.3, 0.4) is 0 Å². The number of pyridine rings is 1. The van der Waals surface area contributed by atoms with Crippen LogP contribution in [0, 0.1) is 0 Å². The van der Waals surface area contributed by atoms with Crippen molar-refractivity contribution in [1.29, 1.82) is 0 Å². The molecule has 0 amide bonds. The molecule has 1 aromatic heterocycles. The Bertz CT molecular complexity index is 584. The van der Waals surface area contributed by atoms with E-state index in [0.717, 1.165) is 4.47 Å². The van der Waals surface area contributed by atoms with Crippen LogP contribution in [0.1, 0.15) is 15.9 Å². The number of aromatic nitrogens is 1. The van der Waals surface area contributed by atoms with Crippen molar-refractivity contribution in [3.05, 3.63) is 62.3 Å². The summed E-state index contributed by atoms with van der Waals surface area (Å²) in [4.78, 5) is 15.9. The summed E-state index contributed by atoms with van der Waals surface area (Å²) in [5, 5.41) is 0.591. The first kappa shape index (κ1) is 13.5. The van der Waals surface area contributed by atoms with Gasteiger partial charge in [-0.15, -0.1) is 0 Å². The molecule has 0 saturated carbocycles. The quantitative estimate of drug-likeness (QED) is 0.602. The fraction of sp³-hybridized carbons (Fsp3) is 0.0769. The van der Waals surface area contributed by atoms with Gasteiger partial charge in [-0.05, 0) is 23.8 Å². The first-order chi connectivity index (χ1) is 8.56. The molecular formula is C13H8BrCl2NO. The first-order valence-corrected chi connectivity index (χ1v) is 6.71. The molecule has 0 bridgehead atoms. The monoisotopic (exact) mass is 343 g/mol. The Balaban J connectivity index is 2.18. The van der Waals surface area contributed by atoms with Crippen molar-refractivity contribution in [2.24, 2.45) is 0 Å². The van der Waals surface area contributed by atoms with Crippen LogP contribution in [0.15, 0.2) is 40.9 Å². The van der Waals surface area contributed by atoms with Crippen LogP contribution in [0.5, 0.6) is 0 Å². The first-order valence-electron chi connectivity index (χ1n) is 5.16. The van der Waals surface area contributed by atoms with Crippen LogP contribution < -0.4 is 0 Å². The van der Waals surface area contributed by atoms with E-state index in [1.165, 1.54) is 0 Å². The number of Topliss-reactive ketones (excluding diaryl/α,β-unsaturated/α-hetero) is 1. The van der Waals surface area contributed by atoms with Gasteiger partial charge < -0.3 is 0 Å². The van der Waals surface area contributed by atoms with E-state index in [1.54, 1.807) is 24.3 Å². The Labute approximate surface area is 123 Å². The molecule has 1 heterocycles. The summed E-state index contributed by atoms with van der Waals surface area (Å²) in [6, 6.07) is 10.5. The van der Waals surface area contributed by atoms with Crippen molar-refractivity contribution in [1.82, 2.24) is 4.98 Å². The molecule has 0 radical (unpaired) electrons. The molecule has 2 rings (SSSR count). The lowest BCUT2D eigenvalue weighted by Gasteiger charge is -2.04. The summed E-state index contributed by atoms with van der Waals surface area (Å²) >= 11 is 15.0. The summed E-state index contributed by atoms with van der Waals surface area (Å²) in [5.74, 6) is -0.00600. The van der Waals surface area contributed by atoms with Gasteiger partial charge in [0, 0.05) is 16.5 Å². The van der Waals surface area contributed by atoms with Crippen LogP contribution >= 0.6 is 39.1 Å². The van der Waals surface area contributed by atoms with Gasteiger partial charge in [0.1, 0.15) is 10.3 Å². The molecule has 5 heteroatoms. The molecule has 0 N–H and O–H groups in total. The normalized spacial score (nSPS) is 10.4. The lowest BCUT2D eigenvalue weighted by atomic mass is 10.0. The molecule has 0 aliphatic carbocycles. The highest BCUT2D eigenvalue weighted by atomic mass is 79.9. The summed E-state index contributed by atoms with van der Waals surface area (Å²) in [6.07, 6.45) is 0.213. The Hall–Kier alpha value is -0.900. The topological polar surface area (TPSA) is 30.0 Å². The third-order valence-corrected chi connectivity index (χ3v) is 3.48. The van der Waals surface area contributed by atoms with Gasteiger partial charge in [-0.2, -0.15) is 0 Å². The zero-order valence-corrected chi connectivity index (χ0v) is 12.3. The van der Waals surface area contributed by atoms with E-state index in [2.05, 4.69) is 20.9 Å². The zero-order chi connectivity index (χ0) is 13.1. The highest BCUT2D eigenvalue weighted by Crippen LogP contribution is 2.19. The van der Waals surface area contributed by atoms with Gasteiger partial charge >= 0.3 is 0 Å². The molecule has 2 aromatic rings. The van der Waals surface area contributed by atoms with E-state index in [-0.39, 0.29) is 17.4 Å². The largest absolute Gasteiger partial charge is 0.294 e. The standard InChI is InChI=1S/C13H8BrCl2NO/c14-10-4-1-8(2-5-10)11(18)7-9-3-6-12(15)17-13(9)16/h1-6H,7H2. The molecule has 0 unspecified atom stereocenters. The van der Waals surface area contributed by atoms with Crippen molar-refractivity contribution in [2.45, 2.75) is 6.42 Å². The van der Waals surface area contributed by atoms with E-state index >= 15 is 0 Å². The number of nitrogens with zero attached hydrogens (tertiary/aromatic N) is 1. The molecule has 0 fully saturated rings. The Morgan fingerprint density at radius 1 is 1.11 bits per heavy atom. The molecule has 18 heavy (non-hydrogen) atoms. The molecule has 0 aliphatic rings. The predicted molar refractivity (Wildman–Crippen MR) is 76.4 cm³/mol. The Morgan fingerprint density at radius 3 is 2.39 bits per heavy atom. The SMILES string of the molecule is O=C(Cc1ccc(Cl)nc1Cl)c1ccc(Br)cc1. The zero-order valence-electron chi connectivity index (χ0n) is 9.16. The van der Waals surface area contributed by atoms with Crippen molar-refractivity contribution < 1.29 is 4.79 Å². The van der Waals surface area contributed by atoms with Gasteiger partial charge in [0.2, 0.25) is 0 Å². The minimum absolute atomic E-state index is 0.00600. The van der Waals surface area contributed by atoms with E-state index in [0.29, 0.717) is 16.3 Å². The molecule has 0 spiro atoms. The summed E-state index contributed by atoms with van der Waals surface area (Å²) in [7, 11) is 0. The van der Waals surface area contributed by atoms with Crippen LogP contribution in [0.2, 0.25) is 10.3 Å². The average Bonchev–Trinajstić information content (AvgIpc) is 2.33. The second-order valence-corrected chi connectivity index (χ2v) is 5.35. The predicted octanol–water partition coefficient (Wildman–Crippen LogP) is 4.58. The third kappa shape index (κ3) is 3.31. The molecule has 2 nitrogen and oxygen atoms in total. The van der Waals surface area contributed by atoms with Crippen LogP contribution in [-0.2, 0) is 6.42 Å². The van der Waals surface area contributed by atoms with E-state index in [4.69, 9.17) is 23.2 Å². The number of carbonyl (C=O) groups is 1. The number of rotatable bonds is 3. The third-order valence-electron chi connectivity index (χ3n) is 2.41. The maximum absolute atomic E-state index is 12.0. The van der Waals surface area contributed by atoms with Crippen molar-refractivity contribution in [2.75, 3.05) is 0 Å². The fourth-order valence-corrected chi connectivity index (χ4v) is 2.16. The van der Waals surface area contributed by atoms with Gasteiger partial charge in [-0.3, -0.25) is 4.79 Å². The van der Waals surface area contributed by atoms with Crippen molar-refractivity contribution in [3.8, 4) is 0 Å². The number of ketones is 1. The van der Waals surface area contributed by atoms with E-state index in [9.17, 15) is 4.79 Å². The summed E-state index contributed by atoms with van der Waals surface area (Å²) in [6.45, 7) is 0. The van der Waals surface area contributed by atoms with Crippen molar-refractivity contribution in [3.63, 3.8) is 0 Å². The minimum atomic E-state index is -0.00600. The van der Waals surface area contributed by atoms with E-state index < -0.39 is 0 Å². The summed E-state index contributed by atoms with van der Waals surface area (Å²) in [5.41, 5.74) is 1.32. The molecule has 0 aliphatic heterocycles. The molecule has 92 valence electrons. The summed E-state index contributed by atoms with van der Waals surface area (Å²) < 4.78 is 0.935. The highest BCUT2D eigenvalue weighted by Gasteiger charge is 2.10. The van der Waals surface area contributed by atoms with Gasteiger partial charge in [-0.1, -0.05) is 57.3 Å². The van der Waals surface area contributed by atoms with Crippen molar-refractivity contribution >= 4 is 44.9 Å². The second kappa shape index (κ2) is 5.83. The number of hydrogen-bond acceptors (Lipinski definition) is 2. The van der Waals surface area contributed by atoms with Gasteiger partial charge in [0.25, 0.3) is 0 Å². The fourth-order valence-electron chi connectivity index (χ4n) is 1.48. The number of halogens is 3. The smallest absolute Gasteiger partial charge is 0.167 e.